The van der Waals surface area contributed by atoms with E-state index in [-0.39, 0.29) is 5.97 Å². The number of aromatic nitrogens is 1. The Kier molecular flexibility index (Phi) is 4.91. The van der Waals surface area contributed by atoms with E-state index in [1.807, 2.05) is 0 Å². The molecule has 1 rings (SSSR count). The van der Waals surface area contributed by atoms with Crippen molar-refractivity contribution in [1.29, 1.82) is 0 Å². The van der Waals surface area contributed by atoms with Gasteiger partial charge < -0.3 is 4.74 Å². The van der Waals surface area contributed by atoms with Crippen molar-refractivity contribution in [2.24, 2.45) is 0 Å². The van der Waals surface area contributed by atoms with E-state index in [0.717, 1.165) is 10.8 Å². The maximum Gasteiger partial charge on any atom is 0.339 e. The second-order valence-corrected chi connectivity index (χ2v) is 4.30. The Labute approximate surface area is 98.2 Å². The number of nitrogens with zero attached hydrogens (tertiary/aromatic N) is 1. The molecule has 0 saturated heterocycles. The summed E-state index contributed by atoms with van der Waals surface area (Å²) in [5.41, 5.74) is 1.19. The molecule has 0 bridgehead atoms. The topological polar surface area (TPSA) is 39.2 Å². The van der Waals surface area contributed by atoms with Crippen molar-refractivity contribution in [2.45, 2.75) is 11.9 Å². The van der Waals surface area contributed by atoms with Gasteiger partial charge in [0.2, 0.25) is 0 Å². The molecule has 0 spiro atoms. The molecule has 1 heterocycles. The molecule has 0 saturated carbocycles. The molecular weight excluding hydrogens is 234 g/mol. The molecule has 15 heavy (non-hydrogen) atoms. The number of halogens is 1. The summed E-state index contributed by atoms with van der Waals surface area (Å²) >= 11 is 7.14. The number of alkyl halides is 1. The summed E-state index contributed by atoms with van der Waals surface area (Å²) in [4.78, 5) is 15.6. The summed E-state index contributed by atoms with van der Waals surface area (Å²) in [6, 6.07) is 3.53. The van der Waals surface area contributed by atoms with Gasteiger partial charge in [-0.25, -0.2) is 9.78 Å². The van der Waals surface area contributed by atoms with E-state index in [1.165, 1.54) is 7.11 Å². The molecule has 0 amide bonds. The molecule has 1 aromatic heterocycles. The van der Waals surface area contributed by atoms with Gasteiger partial charge in [-0.15, -0.1) is 23.4 Å². The third-order valence-corrected chi connectivity index (χ3v) is 3.14. The normalized spacial score (nSPS) is 10.1. The predicted octanol–water partition coefficient (Wildman–Crippen LogP) is 2.51. The third kappa shape index (κ3) is 3.39. The number of carbonyl (C=O) groups excluding carboxylic acids is 1. The van der Waals surface area contributed by atoms with Gasteiger partial charge in [-0.1, -0.05) is 0 Å². The van der Waals surface area contributed by atoms with Crippen LogP contribution < -0.4 is 0 Å². The Balaban J connectivity index is 2.83. The van der Waals surface area contributed by atoms with Gasteiger partial charge in [-0.05, 0) is 19.1 Å². The first-order chi connectivity index (χ1) is 7.19. The number of hydrogen-bond acceptors (Lipinski definition) is 4. The van der Waals surface area contributed by atoms with Crippen molar-refractivity contribution in [2.75, 3.05) is 18.7 Å². The lowest BCUT2D eigenvalue weighted by Gasteiger charge is -2.05. The van der Waals surface area contributed by atoms with Gasteiger partial charge in [-0.3, -0.25) is 0 Å². The number of esters is 1. The van der Waals surface area contributed by atoms with Gasteiger partial charge in [0.05, 0.1) is 23.4 Å². The molecule has 0 N–H and O–H groups in total. The second kappa shape index (κ2) is 5.98. The smallest absolute Gasteiger partial charge is 0.339 e. The molecular formula is C10H12ClNO2S. The first-order valence-corrected chi connectivity index (χ1v) is 5.95. The molecule has 82 valence electrons. The molecule has 0 aliphatic heterocycles. The van der Waals surface area contributed by atoms with Crippen LogP contribution in [0.4, 0.5) is 0 Å². The number of rotatable bonds is 4. The van der Waals surface area contributed by atoms with E-state index in [4.69, 9.17) is 11.6 Å². The van der Waals surface area contributed by atoms with Crippen molar-refractivity contribution >= 4 is 29.3 Å². The first kappa shape index (κ1) is 12.3. The van der Waals surface area contributed by atoms with Gasteiger partial charge in [0.25, 0.3) is 0 Å². The fraction of sp³-hybridized carbons (Fsp3) is 0.400. The molecule has 0 fully saturated rings. The van der Waals surface area contributed by atoms with Crippen LogP contribution in [0, 0.1) is 6.92 Å². The van der Waals surface area contributed by atoms with E-state index in [9.17, 15) is 4.79 Å². The van der Waals surface area contributed by atoms with Crippen LogP contribution in [-0.4, -0.2) is 29.7 Å². The van der Waals surface area contributed by atoms with Gasteiger partial charge in [0.1, 0.15) is 0 Å². The van der Waals surface area contributed by atoms with E-state index >= 15 is 0 Å². The number of carbonyl (C=O) groups is 1. The molecule has 0 aromatic carbocycles. The largest absolute Gasteiger partial charge is 0.465 e. The third-order valence-electron chi connectivity index (χ3n) is 1.79. The van der Waals surface area contributed by atoms with Crippen LogP contribution in [0.15, 0.2) is 17.2 Å². The highest BCUT2D eigenvalue weighted by molar-refractivity contribution is 7.99. The van der Waals surface area contributed by atoms with E-state index in [2.05, 4.69) is 9.72 Å². The van der Waals surface area contributed by atoms with Gasteiger partial charge in [0.15, 0.2) is 0 Å². The van der Waals surface area contributed by atoms with Gasteiger partial charge >= 0.3 is 5.97 Å². The summed E-state index contributed by atoms with van der Waals surface area (Å²) in [5.74, 6) is 1.05. The van der Waals surface area contributed by atoms with E-state index in [1.54, 1.807) is 30.8 Å². The summed E-state index contributed by atoms with van der Waals surface area (Å²) < 4.78 is 4.63. The Morgan fingerprint density at radius 2 is 2.33 bits per heavy atom. The van der Waals surface area contributed by atoms with Gasteiger partial charge in [0, 0.05) is 11.6 Å². The van der Waals surface area contributed by atoms with Crippen molar-refractivity contribution in [3.63, 3.8) is 0 Å². The monoisotopic (exact) mass is 245 g/mol. The summed E-state index contributed by atoms with van der Waals surface area (Å²) in [5, 5.41) is 0.876. The predicted molar refractivity (Wildman–Crippen MR) is 61.8 cm³/mol. The van der Waals surface area contributed by atoms with Crippen LogP contribution in [0.3, 0.4) is 0 Å². The number of ether oxygens (including phenoxy) is 1. The lowest BCUT2D eigenvalue weighted by Crippen LogP contribution is -2.05. The van der Waals surface area contributed by atoms with Crippen molar-refractivity contribution in [3.05, 3.63) is 23.4 Å². The molecule has 0 radical (unpaired) electrons. The molecule has 0 atom stereocenters. The molecule has 0 aliphatic rings. The molecule has 0 aliphatic carbocycles. The number of pyridine rings is 1. The average molecular weight is 246 g/mol. The average Bonchev–Trinajstić information content (AvgIpc) is 2.25. The van der Waals surface area contributed by atoms with Crippen LogP contribution in [0.25, 0.3) is 0 Å². The quantitative estimate of drug-likeness (QED) is 0.464. The fourth-order valence-corrected chi connectivity index (χ4v) is 1.97. The highest BCUT2D eigenvalue weighted by atomic mass is 35.5. The summed E-state index contributed by atoms with van der Waals surface area (Å²) in [6.07, 6.45) is 0. The highest BCUT2D eigenvalue weighted by Crippen LogP contribution is 2.18. The van der Waals surface area contributed by atoms with Crippen LogP contribution in [-0.2, 0) is 4.74 Å². The van der Waals surface area contributed by atoms with Crippen molar-refractivity contribution < 1.29 is 9.53 Å². The van der Waals surface area contributed by atoms with Crippen molar-refractivity contribution in [3.8, 4) is 0 Å². The van der Waals surface area contributed by atoms with Crippen molar-refractivity contribution in [1.82, 2.24) is 4.98 Å². The second-order valence-electron chi connectivity index (χ2n) is 2.81. The zero-order valence-corrected chi connectivity index (χ0v) is 10.2. The summed E-state index contributed by atoms with van der Waals surface area (Å²) in [6.45, 7) is 1.79. The lowest BCUT2D eigenvalue weighted by molar-refractivity contribution is 0.0599. The molecule has 0 unspecified atom stereocenters. The zero-order valence-electron chi connectivity index (χ0n) is 8.62. The van der Waals surface area contributed by atoms with E-state index in [0.29, 0.717) is 17.1 Å². The number of aryl methyl sites for hydroxylation is 1. The van der Waals surface area contributed by atoms with Crippen LogP contribution in [0.2, 0.25) is 0 Å². The fourth-order valence-electron chi connectivity index (χ4n) is 1.09. The maximum absolute atomic E-state index is 11.3. The zero-order chi connectivity index (χ0) is 11.3. The van der Waals surface area contributed by atoms with E-state index < -0.39 is 0 Å². The molecule has 3 nitrogen and oxygen atoms in total. The standard InChI is InChI=1S/C10H12ClNO2S/c1-7-8(10(13)14-2)3-4-9(12-7)15-6-5-11/h3-4H,5-6H2,1-2H3. The van der Waals surface area contributed by atoms with Crippen LogP contribution >= 0.6 is 23.4 Å². The number of hydrogen-bond donors (Lipinski definition) is 0. The minimum atomic E-state index is -0.353. The summed E-state index contributed by atoms with van der Waals surface area (Å²) in [7, 11) is 1.36. The Bertz CT molecular complexity index is 357. The SMILES string of the molecule is COC(=O)c1ccc(SCCCl)nc1C. The first-order valence-electron chi connectivity index (χ1n) is 4.43. The van der Waals surface area contributed by atoms with Gasteiger partial charge in [-0.2, -0.15) is 0 Å². The number of methoxy groups -OCH3 is 1. The van der Waals surface area contributed by atoms with Crippen LogP contribution in [0.5, 0.6) is 0 Å². The maximum atomic E-state index is 11.3. The molecule has 5 heteroatoms. The Hall–Kier alpha value is -0.740. The Morgan fingerprint density at radius 3 is 2.87 bits per heavy atom. The lowest BCUT2D eigenvalue weighted by atomic mass is 10.2. The minimum Gasteiger partial charge on any atom is -0.465 e. The highest BCUT2D eigenvalue weighted by Gasteiger charge is 2.10. The Morgan fingerprint density at radius 1 is 1.60 bits per heavy atom. The number of thioether (sulfide) groups is 1. The van der Waals surface area contributed by atoms with Crippen LogP contribution in [0.1, 0.15) is 16.1 Å². The molecule has 1 aromatic rings. The minimum absolute atomic E-state index is 0.353.